The molecule has 1 fully saturated rings. The minimum absolute atomic E-state index is 0.0260. The van der Waals surface area contributed by atoms with Gasteiger partial charge in [-0.05, 0) is 31.0 Å². The van der Waals surface area contributed by atoms with Crippen molar-refractivity contribution in [2.45, 2.75) is 36.6 Å². The number of hydrogen-bond acceptors (Lipinski definition) is 5. The van der Waals surface area contributed by atoms with Gasteiger partial charge in [0.15, 0.2) is 0 Å². The third-order valence-electron chi connectivity index (χ3n) is 4.96. The Labute approximate surface area is 196 Å². The Hall–Kier alpha value is -1.87. The summed E-state index contributed by atoms with van der Waals surface area (Å²) in [4.78, 5) is 12.4. The average molecular weight is 508 g/mol. The fourth-order valence-electron chi connectivity index (χ4n) is 3.38. The number of hydrogen-bond donors (Lipinski definition) is 2. The molecule has 1 amide bonds. The van der Waals surface area contributed by atoms with Crippen LogP contribution in [0.4, 0.5) is 5.69 Å². The Bertz CT molecular complexity index is 1100. The van der Waals surface area contributed by atoms with Crippen molar-refractivity contribution in [3.63, 3.8) is 0 Å². The Balaban J connectivity index is 1.96. The molecule has 0 aromatic heterocycles. The van der Waals surface area contributed by atoms with E-state index in [0.29, 0.717) is 5.75 Å². The van der Waals surface area contributed by atoms with Crippen LogP contribution in [-0.2, 0) is 10.0 Å². The molecule has 0 aliphatic heterocycles. The molecule has 0 saturated heterocycles. The summed E-state index contributed by atoms with van der Waals surface area (Å²) in [5, 5.41) is 3.00. The highest BCUT2D eigenvalue weighted by Gasteiger charge is 2.26. The summed E-state index contributed by atoms with van der Waals surface area (Å²) in [7, 11) is -1.41. The first-order valence-electron chi connectivity index (χ1n) is 9.40. The fraction of sp³-hybridized carbons (Fsp3) is 0.350. The predicted molar refractivity (Wildman–Crippen MR) is 122 cm³/mol. The second-order valence-corrected chi connectivity index (χ2v) is 9.88. The molecule has 31 heavy (non-hydrogen) atoms. The van der Waals surface area contributed by atoms with Gasteiger partial charge in [-0.2, -0.15) is 0 Å². The highest BCUT2D eigenvalue weighted by Crippen LogP contribution is 2.38. The number of rotatable bonds is 7. The number of sulfonamides is 1. The molecule has 3 rings (SSSR count). The van der Waals surface area contributed by atoms with Crippen LogP contribution in [-0.4, -0.2) is 34.6 Å². The molecule has 1 aliphatic carbocycles. The first-order chi connectivity index (χ1) is 14.7. The van der Waals surface area contributed by atoms with Gasteiger partial charge in [-0.15, -0.1) is 0 Å². The van der Waals surface area contributed by atoms with Crippen LogP contribution in [0.25, 0.3) is 0 Å². The number of nitrogens with one attached hydrogen (secondary N) is 2. The van der Waals surface area contributed by atoms with E-state index in [2.05, 4.69) is 10.0 Å². The minimum Gasteiger partial charge on any atom is -0.495 e. The maximum atomic E-state index is 13.1. The van der Waals surface area contributed by atoms with Crippen molar-refractivity contribution in [2.75, 3.05) is 18.9 Å². The monoisotopic (exact) mass is 506 g/mol. The van der Waals surface area contributed by atoms with Gasteiger partial charge in [-0.3, -0.25) is 9.52 Å². The number of benzene rings is 2. The van der Waals surface area contributed by atoms with Gasteiger partial charge in [0, 0.05) is 12.1 Å². The molecule has 0 unspecified atom stereocenters. The van der Waals surface area contributed by atoms with Crippen LogP contribution in [0.5, 0.6) is 11.5 Å². The van der Waals surface area contributed by atoms with Gasteiger partial charge in [0.1, 0.15) is 16.4 Å². The van der Waals surface area contributed by atoms with E-state index in [1.807, 2.05) is 0 Å². The quantitative estimate of drug-likeness (QED) is 0.541. The lowest BCUT2D eigenvalue weighted by Gasteiger charge is -2.16. The van der Waals surface area contributed by atoms with Gasteiger partial charge in [-0.1, -0.05) is 47.6 Å². The molecule has 2 aromatic rings. The summed E-state index contributed by atoms with van der Waals surface area (Å²) in [5.41, 5.74) is 0.106. The molecule has 7 nitrogen and oxygen atoms in total. The van der Waals surface area contributed by atoms with Crippen molar-refractivity contribution in [3.05, 3.63) is 44.9 Å². The maximum Gasteiger partial charge on any atom is 0.263 e. The number of halogens is 3. The maximum absolute atomic E-state index is 13.1. The number of carbonyl (C=O) groups excluding carboxylic acids is 1. The SMILES string of the molecule is COc1cc(OC)c(NS(=O)(=O)c2cc(C(=O)NC3CCCC3)c(Cl)cc2Cl)cc1Cl. The standard InChI is InChI=1S/C20H21Cl3N2O5S/c1-29-17-10-18(30-2)16(9-14(17)22)25-31(27,28)19-7-12(13(21)8-15(19)23)20(26)24-11-5-3-4-6-11/h7-11,25H,3-6H2,1-2H3,(H,24,26). The van der Waals surface area contributed by atoms with Crippen LogP contribution in [0.15, 0.2) is 29.2 Å². The van der Waals surface area contributed by atoms with Crippen molar-refractivity contribution in [2.24, 2.45) is 0 Å². The number of methoxy groups -OCH3 is 2. The lowest BCUT2D eigenvalue weighted by atomic mass is 10.2. The molecule has 168 valence electrons. The zero-order valence-electron chi connectivity index (χ0n) is 16.8. The van der Waals surface area contributed by atoms with E-state index < -0.39 is 15.9 Å². The zero-order valence-corrected chi connectivity index (χ0v) is 19.9. The second kappa shape index (κ2) is 9.73. The van der Waals surface area contributed by atoms with Gasteiger partial charge < -0.3 is 14.8 Å². The lowest BCUT2D eigenvalue weighted by molar-refractivity contribution is 0.0938. The van der Waals surface area contributed by atoms with Crippen LogP contribution < -0.4 is 19.5 Å². The average Bonchev–Trinajstić information content (AvgIpc) is 3.20. The topological polar surface area (TPSA) is 93.7 Å². The van der Waals surface area contributed by atoms with E-state index in [-0.39, 0.29) is 43.0 Å². The van der Waals surface area contributed by atoms with E-state index in [4.69, 9.17) is 44.3 Å². The first-order valence-corrected chi connectivity index (χ1v) is 12.0. The van der Waals surface area contributed by atoms with Crippen molar-refractivity contribution in [1.82, 2.24) is 5.32 Å². The summed E-state index contributed by atoms with van der Waals surface area (Å²) in [6.07, 6.45) is 3.83. The van der Waals surface area contributed by atoms with Crippen LogP contribution >= 0.6 is 34.8 Å². The van der Waals surface area contributed by atoms with Gasteiger partial charge in [0.25, 0.3) is 15.9 Å². The summed E-state index contributed by atoms with van der Waals surface area (Å²) in [6.45, 7) is 0. The summed E-state index contributed by atoms with van der Waals surface area (Å²) < 4.78 is 38.9. The van der Waals surface area contributed by atoms with Crippen molar-refractivity contribution in [3.8, 4) is 11.5 Å². The Morgan fingerprint density at radius 3 is 2.19 bits per heavy atom. The van der Waals surface area contributed by atoms with E-state index in [9.17, 15) is 13.2 Å². The Morgan fingerprint density at radius 1 is 0.935 bits per heavy atom. The Kier molecular flexibility index (Phi) is 7.47. The van der Waals surface area contributed by atoms with E-state index in [1.54, 1.807) is 0 Å². The Morgan fingerprint density at radius 2 is 1.58 bits per heavy atom. The van der Waals surface area contributed by atoms with Gasteiger partial charge in [0.2, 0.25) is 0 Å². The largest absolute Gasteiger partial charge is 0.495 e. The van der Waals surface area contributed by atoms with Gasteiger partial charge in [0.05, 0.1) is 40.5 Å². The van der Waals surface area contributed by atoms with Crippen LogP contribution in [0.3, 0.4) is 0 Å². The third kappa shape index (κ3) is 5.31. The number of anilines is 1. The first kappa shape index (κ1) is 23.8. The number of amides is 1. The van der Waals surface area contributed by atoms with E-state index in [0.717, 1.165) is 31.7 Å². The number of ether oxygens (including phenoxy) is 2. The zero-order chi connectivity index (χ0) is 22.8. The fourth-order valence-corrected chi connectivity index (χ4v) is 5.54. The van der Waals surface area contributed by atoms with Gasteiger partial charge >= 0.3 is 0 Å². The smallest absolute Gasteiger partial charge is 0.263 e. The number of carbonyl (C=O) groups is 1. The molecule has 0 heterocycles. The van der Waals surface area contributed by atoms with Crippen LogP contribution in [0.1, 0.15) is 36.0 Å². The molecule has 1 saturated carbocycles. The molecule has 0 spiro atoms. The lowest BCUT2D eigenvalue weighted by Crippen LogP contribution is -2.33. The molecule has 0 bridgehead atoms. The minimum atomic E-state index is -4.21. The predicted octanol–water partition coefficient (Wildman–Crippen LogP) is 5.14. The van der Waals surface area contributed by atoms with Crippen molar-refractivity contribution in [1.29, 1.82) is 0 Å². The summed E-state index contributed by atoms with van der Waals surface area (Å²) in [6, 6.07) is 5.25. The molecule has 11 heteroatoms. The van der Waals surface area contributed by atoms with Gasteiger partial charge in [-0.25, -0.2) is 8.42 Å². The van der Waals surface area contributed by atoms with Crippen molar-refractivity contribution >= 4 is 56.4 Å². The molecular weight excluding hydrogens is 487 g/mol. The van der Waals surface area contributed by atoms with Crippen molar-refractivity contribution < 1.29 is 22.7 Å². The molecule has 0 radical (unpaired) electrons. The normalized spacial score (nSPS) is 14.4. The molecule has 0 atom stereocenters. The van der Waals surface area contributed by atoms with Crippen LogP contribution in [0, 0.1) is 0 Å². The second-order valence-electron chi connectivity index (χ2n) is 7.01. The molecule has 2 N–H and O–H groups in total. The van der Waals surface area contributed by atoms with E-state index >= 15 is 0 Å². The highest BCUT2D eigenvalue weighted by molar-refractivity contribution is 7.92. The highest BCUT2D eigenvalue weighted by atomic mass is 35.5. The van der Waals surface area contributed by atoms with Crippen LogP contribution in [0.2, 0.25) is 15.1 Å². The molecular formula is C20H21Cl3N2O5S. The third-order valence-corrected chi connectivity index (χ3v) is 7.40. The molecule has 2 aromatic carbocycles. The molecule has 1 aliphatic rings. The van der Waals surface area contributed by atoms with E-state index in [1.165, 1.54) is 32.4 Å². The summed E-state index contributed by atoms with van der Waals surface area (Å²) in [5.74, 6) is 0.0565. The summed E-state index contributed by atoms with van der Waals surface area (Å²) >= 11 is 18.5.